The van der Waals surface area contributed by atoms with Crippen molar-refractivity contribution < 1.29 is 0 Å². The minimum Gasteiger partial charge on any atom is -0.337 e. The number of hydrogen-bond donors (Lipinski definition) is 2. The van der Waals surface area contributed by atoms with E-state index in [0.717, 1.165) is 6.54 Å². The predicted octanol–water partition coefficient (Wildman–Crippen LogP) is 0.625. The first kappa shape index (κ1) is 12.7. The zero-order valence-corrected chi connectivity index (χ0v) is 10.3. The van der Waals surface area contributed by atoms with Crippen molar-refractivity contribution in [1.82, 2.24) is 15.8 Å². The average Bonchev–Trinajstić information content (AvgIpc) is 2.22. The van der Waals surface area contributed by atoms with E-state index in [4.69, 9.17) is 16.9 Å². The van der Waals surface area contributed by atoms with E-state index in [1.54, 1.807) is 25.2 Å². The van der Waals surface area contributed by atoms with Gasteiger partial charge in [-0.25, -0.2) is 15.4 Å². The molecule has 0 saturated heterocycles. The second kappa shape index (κ2) is 5.14. The van der Waals surface area contributed by atoms with Crippen LogP contribution in [0.25, 0.3) is 0 Å². The van der Waals surface area contributed by atoms with Crippen LogP contribution in [-0.4, -0.2) is 35.0 Å². The van der Waals surface area contributed by atoms with E-state index < -0.39 is 11.2 Å². The van der Waals surface area contributed by atoms with Gasteiger partial charge < -0.3 is 5.32 Å². The van der Waals surface area contributed by atoms with Gasteiger partial charge in [0.1, 0.15) is 11.9 Å². The average molecular weight is 243 g/mol. The van der Waals surface area contributed by atoms with Crippen LogP contribution < -0.4 is 10.7 Å². The molecule has 16 heavy (non-hydrogen) atoms. The first-order valence-electron chi connectivity index (χ1n) is 4.96. The third-order valence-electron chi connectivity index (χ3n) is 1.81. The molecular weight excluding hydrogens is 228 g/mol. The van der Waals surface area contributed by atoms with Crippen molar-refractivity contribution >= 4 is 23.9 Å². The summed E-state index contributed by atoms with van der Waals surface area (Å²) in [6.07, 6.45) is 1.55. The van der Waals surface area contributed by atoms with Crippen LogP contribution in [0.1, 0.15) is 20.8 Å². The molecule has 0 fully saturated rings. The van der Waals surface area contributed by atoms with Gasteiger partial charge in [-0.15, -0.1) is 0 Å². The lowest BCUT2D eigenvalue weighted by Gasteiger charge is -2.27. The Bertz CT molecular complexity index is 342. The number of nitrogens with one attached hydrogen (secondary N) is 2. The zero-order valence-electron chi connectivity index (χ0n) is 9.53. The smallest absolute Gasteiger partial charge is 0.223 e. The van der Waals surface area contributed by atoms with E-state index in [-0.39, 0.29) is 0 Å². The Morgan fingerprint density at radius 2 is 2.38 bits per heavy atom. The van der Waals surface area contributed by atoms with E-state index in [9.17, 15) is 0 Å². The van der Waals surface area contributed by atoms with Crippen molar-refractivity contribution in [1.29, 1.82) is 5.26 Å². The van der Waals surface area contributed by atoms with Crippen LogP contribution in [0.3, 0.4) is 0 Å². The summed E-state index contributed by atoms with van der Waals surface area (Å²) in [5.41, 5.74) is 1.71. The van der Waals surface area contributed by atoms with E-state index >= 15 is 0 Å². The first-order chi connectivity index (χ1) is 7.48. The fourth-order valence-corrected chi connectivity index (χ4v) is 1.25. The molecule has 0 bridgehead atoms. The predicted molar refractivity (Wildman–Crippen MR) is 63.9 cm³/mol. The van der Waals surface area contributed by atoms with Crippen LogP contribution in [0.4, 0.5) is 0 Å². The molecule has 1 atom stereocenters. The van der Waals surface area contributed by atoms with Gasteiger partial charge in [0.2, 0.25) is 11.6 Å². The van der Waals surface area contributed by atoms with Crippen LogP contribution in [0.5, 0.6) is 0 Å². The topological polar surface area (TPSA) is 75.8 Å². The van der Waals surface area contributed by atoms with Gasteiger partial charge in [-0.3, -0.25) is 5.01 Å². The number of nitrogens with zero attached hydrogens (tertiary/aromatic N) is 4. The number of hydrogen-bond acceptors (Lipinski definition) is 6. The van der Waals surface area contributed by atoms with Gasteiger partial charge in [0.25, 0.3) is 0 Å². The summed E-state index contributed by atoms with van der Waals surface area (Å²) in [6, 6.07) is 2.10. The SMILES string of the molecule is CCNN1C=NC(NC(C)(C)C#N)=NC1Cl. The summed E-state index contributed by atoms with van der Waals surface area (Å²) in [5.74, 6) is 0.362. The lowest BCUT2D eigenvalue weighted by molar-refractivity contribution is 0.302. The van der Waals surface area contributed by atoms with Crippen LogP contribution in [0, 0.1) is 11.3 Å². The van der Waals surface area contributed by atoms with Crippen LogP contribution in [0.15, 0.2) is 9.98 Å². The van der Waals surface area contributed by atoms with Crippen molar-refractivity contribution in [3.63, 3.8) is 0 Å². The molecule has 7 heteroatoms. The van der Waals surface area contributed by atoms with Crippen molar-refractivity contribution in [3.8, 4) is 6.07 Å². The molecular formula is C9H15ClN6. The number of alkyl halides is 1. The minimum absolute atomic E-state index is 0.362. The summed E-state index contributed by atoms with van der Waals surface area (Å²) in [5, 5.41) is 13.3. The van der Waals surface area contributed by atoms with Gasteiger partial charge in [-0.1, -0.05) is 18.5 Å². The fraction of sp³-hybridized carbons (Fsp3) is 0.667. The number of halogens is 1. The summed E-state index contributed by atoms with van der Waals surface area (Å²) >= 11 is 5.99. The number of rotatable bonds is 3. The van der Waals surface area contributed by atoms with Gasteiger partial charge in [0.05, 0.1) is 6.07 Å². The standard InChI is InChI=1S/C9H15ClN6/c1-4-13-16-6-12-8(14-7(16)10)15-9(2,3)5-11/h6-7,13H,4H2,1-3H3,(H,14,15). The maximum Gasteiger partial charge on any atom is 0.223 e. The lowest BCUT2D eigenvalue weighted by Crippen LogP contribution is -2.48. The molecule has 0 aromatic rings. The molecule has 0 amide bonds. The Morgan fingerprint density at radius 3 is 2.88 bits per heavy atom. The minimum atomic E-state index is -0.715. The van der Waals surface area contributed by atoms with E-state index in [1.807, 2.05) is 6.92 Å². The quantitative estimate of drug-likeness (QED) is 0.562. The molecule has 6 nitrogen and oxygen atoms in total. The van der Waals surface area contributed by atoms with Gasteiger partial charge in [-0.05, 0) is 13.8 Å². The molecule has 0 radical (unpaired) electrons. The van der Waals surface area contributed by atoms with Crippen LogP contribution in [0.2, 0.25) is 0 Å². The van der Waals surface area contributed by atoms with E-state index in [2.05, 4.69) is 26.8 Å². The van der Waals surface area contributed by atoms with Gasteiger partial charge in [-0.2, -0.15) is 5.26 Å². The fourth-order valence-electron chi connectivity index (χ4n) is 1.04. The van der Waals surface area contributed by atoms with Gasteiger partial charge in [0, 0.05) is 6.54 Å². The van der Waals surface area contributed by atoms with Gasteiger partial charge in [0.15, 0.2) is 0 Å². The van der Waals surface area contributed by atoms with Crippen molar-refractivity contribution in [2.45, 2.75) is 31.9 Å². The molecule has 1 rings (SSSR count). The highest BCUT2D eigenvalue weighted by molar-refractivity contribution is 6.21. The molecule has 1 unspecified atom stereocenters. The summed E-state index contributed by atoms with van der Waals surface area (Å²) in [4.78, 5) is 8.16. The van der Waals surface area contributed by atoms with E-state index in [1.165, 1.54) is 0 Å². The normalized spacial score (nSPS) is 20.3. The van der Waals surface area contributed by atoms with Crippen molar-refractivity contribution in [3.05, 3.63) is 0 Å². The summed E-state index contributed by atoms with van der Waals surface area (Å²) < 4.78 is 0. The van der Waals surface area contributed by atoms with Crippen molar-refractivity contribution in [2.75, 3.05) is 6.54 Å². The molecule has 0 aliphatic carbocycles. The molecule has 0 spiro atoms. The maximum absolute atomic E-state index is 8.85. The number of guanidine groups is 1. The second-order valence-corrected chi connectivity index (χ2v) is 4.18. The third-order valence-corrected chi connectivity index (χ3v) is 2.12. The lowest BCUT2D eigenvalue weighted by atomic mass is 10.1. The van der Waals surface area contributed by atoms with Crippen LogP contribution in [-0.2, 0) is 0 Å². The largest absolute Gasteiger partial charge is 0.337 e. The molecule has 1 heterocycles. The molecule has 1 aliphatic heterocycles. The Hall–Kier alpha value is -1.32. The highest BCUT2D eigenvalue weighted by Crippen LogP contribution is 2.08. The first-order valence-corrected chi connectivity index (χ1v) is 5.39. The van der Waals surface area contributed by atoms with Crippen LogP contribution >= 0.6 is 11.6 Å². The maximum atomic E-state index is 8.85. The highest BCUT2D eigenvalue weighted by atomic mass is 35.5. The number of nitriles is 1. The Labute approximate surface area is 100.0 Å². The number of aliphatic imine (C=N–C) groups is 2. The molecule has 0 aromatic heterocycles. The van der Waals surface area contributed by atoms with Gasteiger partial charge >= 0.3 is 0 Å². The Kier molecular flexibility index (Phi) is 4.10. The second-order valence-electron chi connectivity index (χ2n) is 3.79. The third kappa shape index (κ3) is 3.36. The molecule has 0 saturated carbocycles. The molecule has 0 aromatic carbocycles. The molecule has 2 N–H and O–H groups in total. The Balaban J connectivity index is 2.65. The molecule has 1 aliphatic rings. The zero-order chi connectivity index (χ0) is 12.2. The summed E-state index contributed by atoms with van der Waals surface area (Å²) in [6.45, 7) is 6.17. The summed E-state index contributed by atoms with van der Waals surface area (Å²) in [7, 11) is 0. The monoisotopic (exact) mass is 242 g/mol. The number of hydrazine groups is 1. The van der Waals surface area contributed by atoms with E-state index in [0.29, 0.717) is 5.96 Å². The highest BCUT2D eigenvalue weighted by Gasteiger charge is 2.22. The van der Waals surface area contributed by atoms with Crippen molar-refractivity contribution in [2.24, 2.45) is 9.98 Å². The Morgan fingerprint density at radius 1 is 1.69 bits per heavy atom. The molecule has 88 valence electrons.